The molecule has 1 heterocycles. The minimum absolute atomic E-state index is 0.0343. The van der Waals surface area contributed by atoms with Crippen LogP contribution < -0.4 is 10.6 Å². The van der Waals surface area contributed by atoms with Crippen molar-refractivity contribution in [2.45, 2.75) is 19.5 Å². The molecule has 2 N–H and O–H groups in total. The summed E-state index contributed by atoms with van der Waals surface area (Å²) in [5.74, 6) is 0. The number of nitrogens with zero attached hydrogens (tertiary/aromatic N) is 3. The predicted molar refractivity (Wildman–Crippen MR) is 82.1 cm³/mol. The van der Waals surface area contributed by atoms with Crippen LogP contribution in [0.3, 0.4) is 0 Å². The molecule has 2 rings (SSSR count). The Morgan fingerprint density at radius 2 is 2.21 bits per heavy atom. The fourth-order valence-electron chi connectivity index (χ4n) is 2.04. The Hall–Kier alpha value is -1.33. The molecule has 4 nitrogen and oxygen atoms in total. The van der Waals surface area contributed by atoms with Gasteiger partial charge in [-0.2, -0.15) is 5.10 Å². The largest absolute Gasteiger partial charge is 0.370 e. The third-order valence-corrected chi connectivity index (χ3v) is 3.78. The number of aryl methyl sites for hydroxylation is 1. The zero-order chi connectivity index (χ0) is 14.0. The zero-order valence-electron chi connectivity index (χ0n) is 11.5. The maximum Gasteiger partial charge on any atom is 0.0539 e. The molecule has 0 unspecified atom stereocenters. The Bertz CT molecular complexity index is 562. The van der Waals surface area contributed by atoms with Crippen molar-refractivity contribution in [2.75, 3.05) is 11.9 Å². The standard InChI is InChI=1S/C14H19BrN4/c1-10(16)13-5-4-12(6-14(13)15)18(2)8-11-7-17-19(3)9-11/h4-7,9-10H,8,16H2,1-3H3/t10-/m1/s1. The summed E-state index contributed by atoms with van der Waals surface area (Å²) in [6, 6.07) is 6.31. The Morgan fingerprint density at radius 1 is 1.47 bits per heavy atom. The van der Waals surface area contributed by atoms with Crippen molar-refractivity contribution in [3.63, 3.8) is 0 Å². The highest BCUT2D eigenvalue weighted by Gasteiger charge is 2.09. The smallest absolute Gasteiger partial charge is 0.0539 e. The molecule has 102 valence electrons. The lowest BCUT2D eigenvalue weighted by atomic mass is 10.1. The highest BCUT2D eigenvalue weighted by molar-refractivity contribution is 9.10. The predicted octanol–water partition coefficient (Wildman–Crippen LogP) is 2.84. The van der Waals surface area contributed by atoms with Crippen LogP contribution in [0.4, 0.5) is 5.69 Å². The molecule has 0 aliphatic carbocycles. The van der Waals surface area contributed by atoms with Crippen molar-refractivity contribution in [3.8, 4) is 0 Å². The van der Waals surface area contributed by atoms with Crippen molar-refractivity contribution in [2.24, 2.45) is 12.8 Å². The second-order valence-electron chi connectivity index (χ2n) is 4.87. The van der Waals surface area contributed by atoms with E-state index in [-0.39, 0.29) is 6.04 Å². The zero-order valence-corrected chi connectivity index (χ0v) is 13.1. The topological polar surface area (TPSA) is 47.1 Å². The second kappa shape index (κ2) is 5.75. The van der Waals surface area contributed by atoms with Crippen LogP contribution in [-0.4, -0.2) is 16.8 Å². The Balaban J connectivity index is 2.15. The molecule has 1 aromatic heterocycles. The Kier molecular flexibility index (Phi) is 4.27. The number of halogens is 1. The van der Waals surface area contributed by atoms with Crippen LogP contribution >= 0.6 is 15.9 Å². The van der Waals surface area contributed by atoms with Gasteiger partial charge in [0.25, 0.3) is 0 Å². The van der Waals surface area contributed by atoms with E-state index in [9.17, 15) is 0 Å². The van der Waals surface area contributed by atoms with Gasteiger partial charge in [-0.25, -0.2) is 0 Å². The molecular weight excluding hydrogens is 304 g/mol. The van der Waals surface area contributed by atoms with Gasteiger partial charge in [0.05, 0.1) is 6.20 Å². The SMILES string of the molecule is C[C@@H](N)c1ccc(N(C)Cc2cnn(C)c2)cc1Br. The number of hydrogen-bond donors (Lipinski definition) is 1. The van der Waals surface area contributed by atoms with E-state index in [0.29, 0.717) is 0 Å². The molecule has 1 aromatic carbocycles. The first-order chi connectivity index (χ1) is 8.97. The molecule has 0 saturated carbocycles. The molecule has 0 radical (unpaired) electrons. The van der Waals surface area contributed by atoms with Gasteiger partial charge in [0, 0.05) is 48.6 Å². The number of benzene rings is 1. The van der Waals surface area contributed by atoms with Gasteiger partial charge in [0.15, 0.2) is 0 Å². The molecule has 5 heteroatoms. The van der Waals surface area contributed by atoms with Crippen LogP contribution in [0.15, 0.2) is 35.1 Å². The number of anilines is 1. The van der Waals surface area contributed by atoms with E-state index in [2.05, 4.69) is 51.2 Å². The first-order valence-electron chi connectivity index (χ1n) is 6.21. The van der Waals surface area contributed by atoms with Crippen LogP contribution in [0.25, 0.3) is 0 Å². The first kappa shape index (κ1) is 14.1. The molecule has 0 bridgehead atoms. The van der Waals surface area contributed by atoms with Crippen LogP contribution in [0.5, 0.6) is 0 Å². The molecule has 0 spiro atoms. The fourth-order valence-corrected chi connectivity index (χ4v) is 2.77. The second-order valence-corrected chi connectivity index (χ2v) is 5.73. The number of hydrogen-bond acceptors (Lipinski definition) is 3. The Morgan fingerprint density at radius 3 is 2.74 bits per heavy atom. The van der Waals surface area contributed by atoms with Gasteiger partial charge in [0.1, 0.15) is 0 Å². The molecule has 0 fully saturated rings. The summed E-state index contributed by atoms with van der Waals surface area (Å²) in [6.45, 7) is 2.82. The lowest BCUT2D eigenvalue weighted by Gasteiger charge is -2.20. The lowest BCUT2D eigenvalue weighted by Crippen LogP contribution is -2.16. The fraction of sp³-hybridized carbons (Fsp3) is 0.357. The molecular formula is C14H19BrN4. The molecule has 19 heavy (non-hydrogen) atoms. The summed E-state index contributed by atoms with van der Waals surface area (Å²) < 4.78 is 2.87. The monoisotopic (exact) mass is 322 g/mol. The maximum atomic E-state index is 5.91. The van der Waals surface area contributed by atoms with Crippen LogP contribution in [-0.2, 0) is 13.6 Å². The van der Waals surface area contributed by atoms with E-state index >= 15 is 0 Å². The summed E-state index contributed by atoms with van der Waals surface area (Å²) in [5, 5.41) is 4.18. The molecule has 0 aliphatic heterocycles. The van der Waals surface area contributed by atoms with Crippen molar-refractivity contribution in [1.82, 2.24) is 9.78 Å². The lowest BCUT2D eigenvalue weighted by molar-refractivity contribution is 0.766. The molecule has 0 aliphatic rings. The average molecular weight is 323 g/mol. The average Bonchev–Trinajstić information content (AvgIpc) is 2.74. The van der Waals surface area contributed by atoms with E-state index in [1.165, 1.54) is 5.56 Å². The number of nitrogens with two attached hydrogens (primary N) is 1. The van der Waals surface area contributed by atoms with E-state index in [0.717, 1.165) is 22.3 Å². The van der Waals surface area contributed by atoms with E-state index < -0.39 is 0 Å². The van der Waals surface area contributed by atoms with Crippen LogP contribution in [0.2, 0.25) is 0 Å². The van der Waals surface area contributed by atoms with Gasteiger partial charge < -0.3 is 10.6 Å². The van der Waals surface area contributed by atoms with Crippen molar-refractivity contribution >= 4 is 21.6 Å². The molecule has 0 amide bonds. The van der Waals surface area contributed by atoms with E-state index in [1.54, 1.807) is 0 Å². The summed E-state index contributed by atoms with van der Waals surface area (Å²) >= 11 is 3.58. The van der Waals surface area contributed by atoms with Crippen molar-refractivity contribution < 1.29 is 0 Å². The molecule has 2 aromatic rings. The summed E-state index contributed by atoms with van der Waals surface area (Å²) in [7, 11) is 4.00. The number of rotatable bonds is 4. The third-order valence-electron chi connectivity index (χ3n) is 3.09. The van der Waals surface area contributed by atoms with E-state index in [4.69, 9.17) is 5.73 Å². The quantitative estimate of drug-likeness (QED) is 0.941. The maximum absolute atomic E-state index is 5.91. The third kappa shape index (κ3) is 3.36. The minimum atomic E-state index is 0.0343. The highest BCUT2D eigenvalue weighted by atomic mass is 79.9. The summed E-state index contributed by atoms with van der Waals surface area (Å²) in [4.78, 5) is 2.19. The first-order valence-corrected chi connectivity index (χ1v) is 7.00. The minimum Gasteiger partial charge on any atom is -0.370 e. The normalized spacial score (nSPS) is 12.5. The summed E-state index contributed by atoms with van der Waals surface area (Å²) in [6.07, 6.45) is 3.92. The molecule has 0 saturated heterocycles. The number of aromatic nitrogens is 2. The van der Waals surface area contributed by atoms with Gasteiger partial charge in [-0.05, 0) is 24.6 Å². The molecule has 1 atom stereocenters. The van der Waals surface area contributed by atoms with Crippen LogP contribution in [0, 0.1) is 0 Å². The Labute approximate surface area is 122 Å². The van der Waals surface area contributed by atoms with Gasteiger partial charge in [-0.3, -0.25) is 4.68 Å². The van der Waals surface area contributed by atoms with Crippen molar-refractivity contribution in [3.05, 3.63) is 46.2 Å². The van der Waals surface area contributed by atoms with E-state index in [1.807, 2.05) is 31.0 Å². The summed E-state index contributed by atoms with van der Waals surface area (Å²) in [5.41, 5.74) is 9.38. The van der Waals surface area contributed by atoms with Gasteiger partial charge >= 0.3 is 0 Å². The van der Waals surface area contributed by atoms with Crippen molar-refractivity contribution in [1.29, 1.82) is 0 Å². The van der Waals surface area contributed by atoms with Gasteiger partial charge in [0.2, 0.25) is 0 Å². The van der Waals surface area contributed by atoms with Gasteiger partial charge in [-0.15, -0.1) is 0 Å². The van der Waals surface area contributed by atoms with Gasteiger partial charge in [-0.1, -0.05) is 22.0 Å². The highest BCUT2D eigenvalue weighted by Crippen LogP contribution is 2.27. The van der Waals surface area contributed by atoms with Crippen LogP contribution in [0.1, 0.15) is 24.1 Å².